The van der Waals surface area contributed by atoms with Gasteiger partial charge in [0.2, 0.25) is 17.7 Å². The van der Waals surface area contributed by atoms with Gasteiger partial charge in [-0.25, -0.2) is 4.98 Å². The highest BCUT2D eigenvalue weighted by Crippen LogP contribution is 2.19. The standard InChI is InChI=1S/C19H26N4O3.ClH/c1-12(2)17(20)18(25)22-10-16(24)21-9-8-15-11-26-19(23-15)14-6-4-13(3)5-7-14;/h4-7,11-12,17H,8-10,20H2,1-3H3,(H,21,24)(H,22,25);1H/t17-;/m0./s1. The van der Waals surface area contributed by atoms with Crippen molar-refractivity contribution in [1.82, 2.24) is 15.6 Å². The molecule has 0 radical (unpaired) electrons. The van der Waals surface area contributed by atoms with Crippen LogP contribution in [0.3, 0.4) is 0 Å². The molecule has 0 bridgehead atoms. The van der Waals surface area contributed by atoms with Gasteiger partial charge < -0.3 is 20.8 Å². The Morgan fingerprint density at radius 2 is 1.85 bits per heavy atom. The van der Waals surface area contributed by atoms with Gasteiger partial charge in [0.15, 0.2) is 0 Å². The molecule has 0 aliphatic heterocycles. The second-order valence-electron chi connectivity index (χ2n) is 6.60. The van der Waals surface area contributed by atoms with Gasteiger partial charge in [0.05, 0.1) is 18.3 Å². The number of nitrogens with zero attached hydrogens (tertiary/aromatic N) is 1. The lowest BCUT2D eigenvalue weighted by molar-refractivity contribution is -0.127. The normalized spacial score (nSPS) is 11.6. The van der Waals surface area contributed by atoms with Crippen molar-refractivity contribution in [3.05, 3.63) is 41.8 Å². The Morgan fingerprint density at radius 3 is 2.48 bits per heavy atom. The number of oxazole rings is 1. The van der Waals surface area contributed by atoms with E-state index < -0.39 is 6.04 Å². The molecular formula is C19H27ClN4O3. The molecule has 0 fully saturated rings. The number of amides is 2. The number of hydrogen-bond acceptors (Lipinski definition) is 5. The summed E-state index contributed by atoms with van der Waals surface area (Å²) in [6.07, 6.45) is 2.13. The van der Waals surface area contributed by atoms with Crippen LogP contribution in [0.4, 0.5) is 0 Å². The summed E-state index contributed by atoms with van der Waals surface area (Å²) in [5.74, 6) is -0.0137. The number of carbonyl (C=O) groups is 2. The topological polar surface area (TPSA) is 110 Å². The minimum atomic E-state index is -0.613. The summed E-state index contributed by atoms with van der Waals surface area (Å²) in [6.45, 7) is 6.05. The summed E-state index contributed by atoms with van der Waals surface area (Å²) in [6, 6.07) is 7.30. The van der Waals surface area contributed by atoms with E-state index in [9.17, 15) is 9.59 Å². The molecule has 0 aliphatic rings. The molecule has 1 atom stereocenters. The van der Waals surface area contributed by atoms with Crippen molar-refractivity contribution < 1.29 is 14.0 Å². The number of hydrogen-bond donors (Lipinski definition) is 3. The first-order valence-electron chi connectivity index (χ1n) is 8.68. The number of nitrogens with two attached hydrogens (primary N) is 1. The molecule has 1 aromatic heterocycles. The maximum atomic E-state index is 11.8. The predicted molar refractivity (Wildman–Crippen MR) is 106 cm³/mol. The van der Waals surface area contributed by atoms with Crippen molar-refractivity contribution in [2.45, 2.75) is 33.2 Å². The van der Waals surface area contributed by atoms with Gasteiger partial charge in [-0.2, -0.15) is 0 Å². The van der Waals surface area contributed by atoms with Gasteiger partial charge in [0.1, 0.15) is 6.26 Å². The number of nitrogens with one attached hydrogen (secondary N) is 2. The zero-order chi connectivity index (χ0) is 19.1. The predicted octanol–water partition coefficient (Wildman–Crippen LogP) is 1.83. The maximum absolute atomic E-state index is 11.8. The van der Waals surface area contributed by atoms with Crippen molar-refractivity contribution >= 4 is 24.2 Å². The fourth-order valence-electron chi connectivity index (χ4n) is 2.23. The van der Waals surface area contributed by atoms with Gasteiger partial charge in [-0.1, -0.05) is 31.5 Å². The molecule has 8 heteroatoms. The van der Waals surface area contributed by atoms with E-state index in [-0.39, 0.29) is 36.7 Å². The lowest BCUT2D eigenvalue weighted by Gasteiger charge is -2.15. The molecule has 0 saturated heterocycles. The first-order chi connectivity index (χ1) is 12.4. The van der Waals surface area contributed by atoms with Crippen molar-refractivity contribution in [2.24, 2.45) is 11.7 Å². The molecule has 2 aromatic rings. The quantitative estimate of drug-likeness (QED) is 0.632. The highest BCUT2D eigenvalue weighted by molar-refractivity contribution is 5.87. The molecule has 148 valence electrons. The summed E-state index contributed by atoms with van der Waals surface area (Å²) >= 11 is 0. The molecular weight excluding hydrogens is 368 g/mol. The minimum Gasteiger partial charge on any atom is -0.444 e. The average molecular weight is 395 g/mol. The highest BCUT2D eigenvalue weighted by atomic mass is 35.5. The fraction of sp³-hybridized carbons (Fsp3) is 0.421. The van der Waals surface area contributed by atoms with Crippen LogP contribution in [-0.4, -0.2) is 35.9 Å². The second-order valence-corrected chi connectivity index (χ2v) is 6.60. The zero-order valence-corrected chi connectivity index (χ0v) is 16.6. The van der Waals surface area contributed by atoms with E-state index in [0.29, 0.717) is 18.9 Å². The van der Waals surface area contributed by atoms with Gasteiger partial charge in [0.25, 0.3) is 0 Å². The molecule has 0 spiro atoms. The first kappa shape index (κ1) is 22.7. The summed E-state index contributed by atoms with van der Waals surface area (Å²) in [4.78, 5) is 27.9. The van der Waals surface area contributed by atoms with Crippen LogP contribution >= 0.6 is 12.4 Å². The van der Waals surface area contributed by atoms with Crippen LogP contribution in [0.25, 0.3) is 11.5 Å². The number of carbonyl (C=O) groups excluding carboxylic acids is 2. The summed E-state index contributed by atoms with van der Waals surface area (Å²) in [5, 5.41) is 5.27. The van der Waals surface area contributed by atoms with Crippen LogP contribution in [0.5, 0.6) is 0 Å². The molecule has 1 aromatic carbocycles. The molecule has 0 saturated carbocycles. The Kier molecular flexibility index (Phi) is 8.97. The van der Waals surface area contributed by atoms with E-state index in [4.69, 9.17) is 10.2 Å². The Bertz CT molecular complexity index is 744. The molecule has 1 heterocycles. The zero-order valence-electron chi connectivity index (χ0n) is 15.8. The Balaban J connectivity index is 0.00000364. The van der Waals surface area contributed by atoms with Crippen LogP contribution in [0.1, 0.15) is 25.1 Å². The third-order valence-corrected chi connectivity index (χ3v) is 4.00. The first-order valence-corrected chi connectivity index (χ1v) is 8.68. The van der Waals surface area contributed by atoms with Crippen LogP contribution < -0.4 is 16.4 Å². The molecule has 4 N–H and O–H groups in total. The lowest BCUT2D eigenvalue weighted by atomic mass is 10.1. The third-order valence-electron chi connectivity index (χ3n) is 4.00. The Labute approximate surface area is 165 Å². The van der Waals surface area contributed by atoms with Crippen LogP contribution in [0, 0.1) is 12.8 Å². The highest BCUT2D eigenvalue weighted by Gasteiger charge is 2.17. The molecule has 27 heavy (non-hydrogen) atoms. The molecule has 2 amide bonds. The third kappa shape index (κ3) is 7.03. The van der Waals surface area contributed by atoms with Crippen molar-refractivity contribution in [2.75, 3.05) is 13.1 Å². The number of aromatic nitrogens is 1. The van der Waals surface area contributed by atoms with E-state index in [2.05, 4.69) is 15.6 Å². The van der Waals surface area contributed by atoms with E-state index >= 15 is 0 Å². The van der Waals surface area contributed by atoms with Crippen LogP contribution in [0.15, 0.2) is 34.9 Å². The van der Waals surface area contributed by atoms with Crippen molar-refractivity contribution in [1.29, 1.82) is 0 Å². The maximum Gasteiger partial charge on any atom is 0.239 e. The van der Waals surface area contributed by atoms with Gasteiger partial charge in [-0.15, -0.1) is 12.4 Å². The fourth-order valence-corrected chi connectivity index (χ4v) is 2.23. The van der Waals surface area contributed by atoms with Crippen LogP contribution in [-0.2, 0) is 16.0 Å². The number of aryl methyl sites for hydroxylation is 1. The lowest BCUT2D eigenvalue weighted by Crippen LogP contribution is -2.47. The molecule has 2 rings (SSSR count). The second kappa shape index (κ2) is 10.7. The van der Waals surface area contributed by atoms with Crippen molar-refractivity contribution in [3.8, 4) is 11.5 Å². The number of halogens is 1. The van der Waals surface area contributed by atoms with Gasteiger partial charge >= 0.3 is 0 Å². The number of benzene rings is 1. The monoisotopic (exact) mass is 394 g/mol. The molecule has 0 aliphatic carbocycles. The SMILES string of the molecule is Cc1ccc(-c2nc(CCNC(=O)CNC(=O)[C@@H](N)C(C)C)co2)cc1.Cl. The average Bonchev–Trinajstić information content (AvgIpc) is 3.08. The Morgan fingerprint density at radius 1 is 1.19 bits per heavy atom. The summed E-state index contributed by atoms with van der Waals surface area (Å²) in [5.41, 5.74) is 8.56. The largest absolute Gasteiger partial charge is 0.444 e. The Hall–Kier alpha value is -2.38. The van der Waals surface area contributed by atoms with E-state index in [1.807, 2.05) is 45.0 Å². The van der Waals surface area contributed by atoms with E-state index in [1.54, 1.807) is 6.26 Å². The van der Waals surface area contributed by atoms with Gasteiger partial charge in [-0.3, -0.25) is 9.59 Å². The van der Waals surface area contributed by atoms with Gasteiger partial charge in [-0.05, 0) is 25.0 Å². The number of rotatable bonds is 8. The summed E-state index contributed by atoms with van der Waals surface area (Å²) < 4.78 is 5.48. The minimum absolute atomic E-state index is 0. The van der Waals surface area contributed by atoms with E-state index in [1.165, 1.54) is 5.56 Å². The van der Waals surface area contributed by atoms with Gasteiger partial charge in [0, 0.05) is 18.5 Å². The molecule has 0 unspecified atom stereocenters. The van der Waals surface area contributed by atoms with E-state index in [0.717, 1.165) is 11.3 Å². The molecule has 7 nitrogen and oxygen atoms in total. The van der Waals surface area contributed by atoms with Crippen molar-refractivity contribution in [3.63, 3.8) is 0 Å². The summed E-state index contributed by atoms with van der Waals surface area (Å²) in [7, 11) is 0. The smallest absolute Gasteiger partial charge is 0.239 e. The van der Waals surface area contributed by atoms with Crippen LogP contribution in [0.2, 0.25) is 0 Å².